The SMILES string of the molecule is CCNc1ncc(S(=O)(=O)Nc2cccc(Cl)c2F)cn1. The highest BCUT2D eigenvalue weighted by Gasteiger charge is 2.18. The second kappa shape index (κ2) is 6.23. The Bertz CT molecular complexity index is 737. The first-order valence-electron chi connectivity index (χ1n) is 5.97. The summed E-state index contributed by atoms with van der Waals surface area (Å²) in [7, 11) is -3.99. The van der Waals surface area contributed by atoms with E-state index in [1.807, 2.05) is 6.92 Å². The van der Waals surface area contributed by atoms with Crippen molar-refractivity contribution in [3.8, 4) is 0 Å². The maximum Gasteiger partial charge on any atom is 0.265 e. The third-order valence-corrected chi connectivity index (χ3v) is 4.08. The lowest BCUT2D eigenvalue weighted by Gasteiger charge is -2.09. The van der Waals surface area contributed by atoms with E-state index in [9.17, 15) is 12.8 Å². The fourth-order valence-electron chi connectivity index (χ4n) is 1.49. The van der Waals surface area contributed by atoms with Crippen molar-refractivity contribution in [3.05, 3.63) is 41.4 Å². The van der Waals surface area contributed by atoms with Gasteiger partial charge in [0.1, 0.15) is 4.90 Å². The van der Waals surface area contributed by atoms with Crippen molar-refractivity contribution in [3.63, 3.8) is 0 Å². The van der Waals surface area contributed by atoms with Crippen LogP contribution in [0.2, 0.25) is 5.02 Å². The van der Waals surface area contributed by atoms with Crippen LogP contribution in [0.4, 0.5) is 16.0 Å². The van der Waals surface area contributed by atoms with Gasteiger partial charge in [-0.2, -0.15) is 0 Å². The number of halogens is 2. The number of nitrogens with zero attached hydrogens (tertiary/aromatic N) is 2. The zero-order valence-electron chi connectivity index (χ0n) is 11.0. The van der Waals surface area contributed by atoms with Crippen LogP contribution in [0, 0.1) is 5.82 Å². The minimum absolute atomic E-state index is 0.172. The van der Waals surface area contributed by atoms with Crippen LogP contribution in [0.15, 0.2) is 35.5 Å². The van der Waals surface area contributed by atoms with Gasteiger partial charge in [-0.25, -0.2) is 22.8 Å². The molecule has 2 N–H and O–H groups in total. The molecule has 0 unspecified atom stereocenters. The van der Waals surface area contributed by atoms with E-state index in [2.05, 4.69) is 20.0 Å². The predicted octanol–water partition coefficient (Wildman–Crippen LogP) is 2.50. The first kappa shape index (κ1) is 15.5. The molecular weight excluding hydrogens is 319 g/mol. The summed E-state index contributed by atoms with van der Waals surface area (Å²) in [6.07, 6.45) is 2.27. The van der Waals surface area contributed by atoms with Gasteiger partial charge in [0.15, 0.2) is 5.82 Å². The molecule has 0 saturated heterocycles. The number of nitrogens with one attached hydrogen (secondary N) is 2. The molecule has 1 aromatic heterocycles. The topological polar surface area (TPSA) is 84.0 Å². The van der Waals surface area contributed by atoms with Crippen LogP contribution in [0.1, 0.15) is 6.92 Å². The third-order valence-electron chi connectivity index (χ3n) is 2.47. The molecule has 0 aliphatic carbocycles. The van der Waals surface area contributed by atoms with E-state index in [4.69, 9.17) is 11.6 Å². The molecular formula is C12H12ClFN4O2S. The third kappa shape index (κ3) is 3.59. The quantitative estimate of drug-likeness (QED) is 0.880. The van der Waals surface area contributed by atoms with Crippen LogP contribution in [0.3, 0.4) is 0 Å². The van der Waals surface area contributed by atoms with E-state index in [0.717, 1.165) is 12.4 Å². The standard InChI is InChI=1S/C12H12ClFN4O2S/c1-2-15-12-16-6-8(7-17-12)21(19,20)18-10-5-3-4-9(13)11(10)14/h3-7,18H,2H2,1H3,(H,15,16,17). The molecule has 0 saturated carbocycles. The lowest BCUT2D eigenvalue weighted by Crippen LogP contribution is -2.15. The summed E-state index contributed by atoms with van der Waals surface area (Å²) in [5, 5.41) is 2.67. The summed E-state index contributed by atoms with van der Waals surface area (Å²) in [5.41, 5.74) is -0.238. The number of anilines is 2. The Morgan fingerprint density at radius 3 is 2.57 bits per heavy atom. The minimum Gasteiger partial charge on any atom is -0.355 e. The molecule has 2 rings (SSSR count). The van der Waals surface area contributed by atoms with Gasteiger partial charge >= 0.3 is 0 Å². The van der Waals surface area contributed by atoms with Crippen LogP contribution >= 0.6 is 11.6 Å². The molecule has 6 nitrogen and oxygen atoms in total. The number of aromatic nitrogens is 2. The van der Waals surface area contributed by atoms with E-state index in [1.165, 1.54) is 18.2 Å². The zero-order chi connectivity index (χ0) is 15.5. The Morgan fingerprint density at radius 2 is 1.95 bits per heavy atom. The fourth-order valence-corrected chi connectivity index (χ4v) is 2.61. The van der Waals surface area contributed by atoms with Crippen LogP contribution < -0.4 is 10.0 Å². The van der Waals surface area contributed by atoms with Gasteiger partial charge in [0.25, 0.3) is 10.0 Å². The molecule has 0 aliphatic heterocycles. The number of sulfonamides is 1. The average Bonchev–Trinajstić information content (AvgIpc) is 2.45. The van der Waals surface area contributed by atoms with Crippen LogP contribution in [0.5, 0.6) is 0 Å². The summed E-state index contributed by atoms with van der Waals surface area (Å²) < 4.78 is 40.0. The van der Waals surface area contributed by atoms with Crippen LogP contribution in [-0.4, -0.2) is 24.9 Å². The van der Waals surface area contributed by atoms with E-state index in [-0.39, 0.29) is 15.6 Å². The van der Waals surface area contributed by atoms with Crippen molar-refractivity contribution in [1.82, 2.24) is 9.97 Å². The van der Waals surface area contributed by atoms with E-state index in [0.29, 0.717) is 12.5 Å². The van der Waals surface area contributed by atoms with Crippen molar-refractivity contribution in [2.75, 3.05) is 16.6 Å². The maximum atomic E-state index is 13.7. The Labute approximate surface area is 126 Å². The Morgan fingerprint density at radius 1 is 1.29 bits per heavy atom. The van der Waals surface area contributed by atoms with Gasteiger partial charge in [-0.1, -0.05) is 17.7 Å². The molecule has 1 aromatic carbocycles. The van der Waals surface area contributed by atoms with Gasteiger partial charge in [0, 0.05) is 6.54 Å². The summed E-state index contributed by atoms with van der Waals surface area (Å²) >= 11 is 5.60. The molecule has 0 spiro atoms. The van der Waals surface area contributed by atoms with Crippen molar-refractivity contribution < 1.29 is 12.8 Å². The lowest BCUT2D eigenvalue weighted by molar-refractivity contribution is 0.598. The molecule has 112 valence electrons. The molecule has 2 aromatic rings. The van der Waals surface area contributed by atoms with Gasteiger partial charge in [0.2, 0.25) is 5.95 Å². The van der Waals surface area contributed by atoms with E-state index in [1.54, 1.807) is 0 Å². The highest BCUT2D eigenvalue weighted by Crippen LogP contribution is 2.24. The molecule has 21 heavy (non-hydrogen) atoms. The Kier molecular flexibility index (Phi) is 4.59. The largest absolute Gasteiger partial charge is 0.355 e. The van der Waals surface area contributed by atoms with E-state index < -0.39 is 15.8 Å². The lowest BCUT2D eigenvalue weighted by atomic mass is 10.3. The molecule has 0 bridgehead atoms. The summed E-state index contributed by atoms with van der Waals surface area (Å²) in [6, 6.07) is 4.03. The van der Waals surface area contributed by atoms with Gasteiger partial charge < -0.3 is 5.32 Å². The van der Waals surface area contributed by atoms with Gasteiger partial charge in [-0.15, -0.1) is 0 Å². The number of benzene rings is 1. The highest BCUT2D eigenvalue weighted by atomic mass is 35.5. The molecule has 9 heteroatoms. The zero-order valence-corrected chi connectivity index (χ0v) is 12.5. The fraction of sp³-hybridized carbons (Fsp3) is 0.167. The summed E-state index contributed by atoms with van der Waals surface area (Å²) in [6.45, 7) is 2.47. The molecule has 0 radical (unpaired) electrons. The monoisotopic (exact) mass is 330 g/mol. The maximum absolute atomic E-state index is 13.7. The Hall–Kier alpha value is -1.93. The second-order valence-electron chi connectivity index (χ2n) is 3.98. The average molecular weight is 331 g/mol. The van der Waals surface area contributed by atoms with Gasteiger partial charge in [0.05, 0.1) is 23.1 Å². The van der Waals surface area contributed by atoms with Crippen molar-refractivity contribution in [2.45, 2.75) is 11.8 Å². The number of hydrogen-bond donors (Lipinski definition) is 2. The number of rotatable bonds is 5. The summed E-state index contributed by atoms with van der Waals surface area (Å²) in [4.78, 5) is 7.53. The number of hydrogen-bond acceptors (Lipinski definition) is 5. The van der Waals surface area contributed by atoms with Crippen LogP contribution in [-0.2, 0) is 10.0 Å². The van der Waals surface area contributed by atoms with Crippen molar-refractivity contribution >= 4 is 33.3 Å². The van der Waals surface area contributed by atoms with Gasteiger partial charge in [-0.05, 0) is 19.1 Å². The first-order chi connectivity index (χ1) is 9.94. The molecule has 0 atom stereocenters. The van der Waals surface area contributed by atoms with Crippen molar-refractivity contribution in [2.24, 2.45) is 0 Å². The second-order valence-corrected chi connectivity index (χ2v) is 6.07. The predicted molar refractivity (Wildman–Crippen MR) is 78.4 cm³/mol. The summed E-state index contributed by atoms with van der Waals surface area (Å²) in [5.74, 6) is -0.529. The molecule has 0 fully saturated rings. The van der Waals surface area contributed by atoms with Crippen LogP contribution in [0.25, 0.3) is 0 Å². The molecule has 0 aliphatic rings. The van der Waals surface area contributed by atoms with Gasteiger partial charge in [-0.3, -0.25) is 4.72 Å². The smallest absolute Gasteiger partial charge is 0.265 e. The first-order valence-corrected chi connectivity index (χ1v) is 7.83. The Balaban J connectivity index is 2.27. The molecule has 0 amide bonds. The van der Waals surface area contributed by atoms with E-state index >= 15 is 0 Å². The van der Waals surface area contributed by atoms with Crippen molar-refractivity contribution in [1.29, 1.82) is 0 Å². The molecule has 1 heterocycles. The minimum atomic E-state index is -3.99. The highest BCUT2D eigenvalue weighted by molar-refractivity contribution is 7.92. The normalized spacial score (nSPS) is 11.2.